The summed E-state index contributed by atoms with van der Waals surface area (Å²) < 4.78 is 0. The highest BCUT2D eigenvalue weighted by Crippen LogP contribution is 2.33. The number of anilines is 2. The Bertz CT molecular complexity index is 478. The zero-order valence-corrected chi connectivity index (χ0v) is 11.7. The monoisotopic (exact) mass is 258 g/mol. The average Bonchev–Trinajstić information content (AvgIpc) is 3.07. The molecule has 1 saturated heterocycles. The van der Waals surface area contributed by atoms with Crippen molar-refractivity contribution in [2.45, 2.75) is 39.0 Å². The molecule has 2 aliphatic rings. The van der Waals surface area contributed by atoms with E-state index in [4.69, 9.17) is 0 Å². The van der Waals surface area contributed by atoms with Gasteiger partial charge in [0.2, 0.25) is 5.91 Å². The van der Waals surface area contributed by atoms with E-state index in [1.165, 1.54) is 24.1 Å². The fraction of sp³-hybridized carbons (Fsp3) is 0.562. The van der Waals surface area contributed by atoms with Crippen LogP contribution in [0.4, 0.5) is 11.4 Å². The molecule has 0 atom stereocenters. The SMILES string of the molecule is CCCC(=O)N1CCc2ccc(N3CCCC3)cc21. The van der Waals surface area contributed by atoms with Crippen LogP contribution >= 0.6 is 0 Å². The minimum absolute atomic E-state index is 0.278. The molecule has 0 unspecified atom stereocenters. The van der Waals surface area contributed by atoms with Gasteiger partial charge in [-0.25, -0.2) is 0 Å². The number of benzene rings is 1. The first-order valence-corrected chi connectivity index (χ1v) is 7.48. The van der Waals surface area contributed by atoms with E-state index in [0.717, 1.165) is 38.2 Å². The molecular weight excluding hydrogens is 236 g/mol. The van der Waals surface area contributed by atoms with Crippen LogP contribution in [0, 0.1) is 0 Å². The van der Waals surface area contributed by atoms with Gasteiger partial charge in [-0.3, -0.25) is 4.79 Å². The molecule has 1 fully saturated rings. The van der Waals surface area contributed by atoms with Crippen LogP contribution < -0.4 is 9.80 Å². The molecule has 2 aliphatic heterocycles. The maximum absolute atomic E-state index is 12.2. The van der Waals surface area contributed by atoms with Crippen LogP contribution in [-0.4, -0.2) is 25.5 Å². The van der Waals surface area contributed by atoms with Crippen LogP contribution in [-0.2, 0) is 11.2 Å². The second-order valence-corrected chi connectivity index (χ2v) is 5.55. The van der Waals surface area contributed by atoms with E-state index >= 15 is 0 Å². The molecular formula is C16H22N2O. The molecule has 1 amide bonds. The number of hydrogen-bond acceptors (Lipinski definition) is 2. The lowest BCUT2D eigenvalue weighted by Gasteiger charge is -2.21. The molecule has 3 nitrogen and oxygen atoms in total. The van der Waals surface area contributed by atoms with Crippen molar-refractivity contribution in [2.24, 2.45) is 0 Å². The first-order chi connectivity index (χ1) is 9.29. The van der Waals surface area contributed by atoms with Gasteiger partial charge in [0.25, 0.3) is 0 Å². The van der Waals surface area contributed by atoms with Crippen LogP contribution in [0.3, 0.4) is 0 Å². The largest absolute Gasteiger partial charge is 0.371 e. The molecule has 0 aliphatic carbocycles. The Morgan fingerprint density at radius 3 is 2.74 bits per heavy atom. The van der Waals surface area contributed by atoms with E-state index < -0.39 is 0 Å². The van der Waals surface area contributed by atoms with Crippen molar-refractivity contribution >= 4 is 17.3 Å². The molecule has 102 valence electrons. The van der Waals surface area contributed by atoms with Crippen LogP contribution in [0.5, 0.6) is 0 Å². The minimum atomic E-state index is 0.278. The summed E-state index contributed by atoms with van der Waals surface area (Å²) in [4.78, 5) is 16.6. The number of fused-ring (bicyclic) bond motifs is 1. The van der Waals surface area contributed by atoms with E-state index in [-0.39, 0.29) is 5.91 Å². The molecule has 0 spiro atoms. The first kappa shape index (κ1) is 12.5. The van der Waals surface area contributed by atoms with Crippen molar-refractivity contribution < 1.29 is 4.79 Å². The van der Waals surface area contributed by atoms with Gasteiger partial charge in [-0.1, -0.05) is 13.0 Å². The molecule has 0 radical (unpaired) electrons. The topological polar surface area (TPSA) is 23.6 Å². The normalized spacial score (nSPS) is 17.9. The summed E-state index contributed by atoms with van der Waals surface area (Å²) >= 11 is 0. The van der Waals surface area contributed by atoms with Crippen LogP contribution in [0.15, 0.2) is 18.2 Å². The third-order valence-electron chi connectivity index (χ3n) is 4.20. The highest BCUT2D eigenvalue weighted by molar-refractivity contribution is 5.96. The van der Waals surface area contributed by atoms with Crippen molar-refractivity contribution in [3.05, 3.63) is 23.8 Å². The lowest BCUT2D eigenvalue weighted by atomic mass is 10.1. The lowest BCUT2D eigenvalue weighted by Crippen LogP contribution is -2.28. The van der Waals surface area contributed by atoms with Crippen molar-refractivity contribution in [1.29, 1.82) is 0 Å². The number of rotatable bonds is 3. The summed E-state index contributed by atoms with van der Waals surface area (Å²) in [6.45, 7) is 5.23. The number of amides is 1. The molecule has 2 heterocycles. The van der Waals surface area contributed by atoms with E-state index in [9.17, 15) is 4.79 Å². The van der Waals surface area contributed by atoms with Crippen LogP contribution in [0.1, 0.15) is 38.2 Å². The smallest absolute Gasteiger partial charge is 0.226 e. The maximum atomic E-state index is 12.2. The number of hydrogen-bond donors (Lipinski definition) is 0. The van der Waals surface area contributed by atoms with E-state index in [1.807, 2.05) is 4.90 Å². The predicted molar refractivity (Wildman–Crippen MR) is 78.9 cm³/mol. The van der Waals surface area contributed by atoms with Crippen LogP contribution in [0.2, 0.25) is 0 Å². The molecule has 3 heteroatoms. The second-order valence-electron chi connectivity index (χ2n) is 5.55. The highest BCUT2D eigenvalue weighted by Gasteiger charge is 2.25. The van der Waals surface area contributed by atoms with Gasteiger partial charge in [0, 0.05) is 37.4 Å². The molecule has 0 N–H and O–H groups in total. The maximum Gasteiger partial charge on any atom is 0.226 e. The van der Waals surface area contributed by atoms with Crippen LogP contribution in [0.25, 0.3) is 0 Å². The van der Waals surface area contributed by atoms with Crippen molar-refractivity contribution in [3.63, 3.8) is 0 Å². The minimum Gasteiger partial charge on any atom is -0.371 e. The van der Waals surface area contributed by atoms with Gasteiger partial charge in [-0.15, -0.1) is 0 Å². The summed E-state index contributed by atoms with van der Waals surface area (Å²) in [5.74, 6) is 0.278. The highest BCUT2D eigenvalue weighted by atomic mass is 16.2. The molecule has 19 heavy (non-hydrogen) atoms. The third-order valence-corrected chi connectivity index (χ3v) is 4.20. The molecule has 1 aromatic carbocycles. The Labute approximate surface area is 115 Å². The molecule has 0 aromatic heterocycles. The predicted octanol–water partition coefficient (Wildman–Crippen LogP) is 2.98. The zero-order valence-electron chi connectivity index (χ0n) is 11.7. The quantitative estimate of drug-likeness (QED) is 0.832. The van der Waals surface area contributed by atoms with Gasteiger partial charge in [0.05, 0.1) is 0 Å². The van der Waals surface area contributed by atoms with E-state index in [1.54, 1.807) is 0 Å². The Morgan fingerprint density at radius 2 is 2.00 bits per heavy atom. The first-order valence-electron chi connectivity index (χ1n) is 7.48. The Morgan fingerprint density at radius 1 is 1.21 bits per heavy atom. The molecule has 0 saturated carbocycles. The van der Waals surface area contributed by atoms with Gasteiger partial charge >= 0.3 is 0 Å². The number of nitrogens with zero attached hydrogens (tertiary/aromatic N) is 2. The van der Waals surface area contributed by atoms with Gasteiger partial charge in [0.15, 0.2) is 0 Å². The molecule has 0 bridgehead atoms. The van der Waals surface area contributed by atoms with Crippen molar-refractivity contribution in [1.82, 2.24) is 0 Å². The summed E-state index contributed by atoms with van der Waals surface area (Å²) in [6.07, 6.45) is 5.17. The summed E-state index contributed by atoms with van der Waals surface area (Å²) in [5.41, 5.74) is 3.77. The van der Waals surface area contributed by atoms with Gasteiger partial charge in [-0.2, -0.15) is 0 Å². The second kappa shape index (κ2) is 5.24. The Kier molecular flexibility index (Phi) is 3.45. The van der Waals surface area contributed by atoms with Crippen molar-refractivity contribution in [3.8, 4) is 0 Å². The summed E-state index contributed by atoms with van der Waals surface area (Å²) in [6, 6.07) is 6.65. The van der Waals surface area contributed by atoms with Gasteiger partial charge in [0.1, 0.15) is 0 Å². The average molecular weight is 258 g/mol. The van der Waals surface area contributed by atoms with Crippen molar-refractivity contribution in [2.75, 3.05) is 29.4 Å². The van der Waals surface area contributed by atoms with Gasteiger partial charge in [-0.05, 0) is 43.4 Å². The standard InChI is InChI=1S/C16H22N2O/c1-2-5-16(19)18-11-8-13-6-7-14(12-15(13)18)17-9-3-4-10-17/h6-7,12H,2-5,8-11H2,1H3. The molecule has 1 aromatic rings. The summed E-state index contributed by atoms with van der Waals surface area (Å²) in [5, 5.41) is 0. The van der Waals surface area contributed by atoms with E-state index in [2.05, 4.69) is 30.0 Å². The fourth-order valence-electron chi connectivity index (χ4n) is 3.15. The third kappa shape index (κ3) is 2.34. The lowest BCUT2D eigenvalue weighted by molar-refractivity contribution is -0.118. The van der Waals surface area contributed by atoms with Gasteiger partial charge < -0.3 is 9.80 Å². The summed E-state index contributed by atoms with van der Waals surface area (Å²) in [7, 11) is 0. The Balaban J connectivity index is 1.86. The number of carbonyl (C=O) groups excluding carboxylic acids is 1. The van der Waals surface area contributed by atoms with E-state index in [0.29, 0.717) is 6.42 Å². The Hall–Kier alpha value is -1.51. The molecule has 3 rings (SSSR count). The number of carbonyl (C=O) groups is 1. The fourth-order valence-corrected chi connectivity index (χ4v) is 3.15. The zero-order chi connectivity index (χ0) is 13.2.